The zero-order valence-electron chi connectivity index (χ0n) is 16.8. The van der Waals surface area contributed by atoms with E-state index in [0.29, 0.717) is 31.4 Å². The number of carbonyl (C=O) groups is 2. The minimum Gasteiger partial charge on any atom is -0.484 e. The van der Waals surface area contributed by atoms with E-state index in [2.05, 4.69) is 10.3 Å². The largest absolute Gasteiger partial charge is 0.484 e. The van der Waals surface area contributed by atoms with Crippen molar-refractivity contribution in [1.82, 2.24) is 10.3 Å². The van der Waals surface area contributed by atoms with Crippen molar-refractivity contribution < 1.29 is 27.8 Å². The number of benzene rings is 1. The summed E-state index contributed by atoms with van der Waals surface area (Å²) >= 11 is 5.61. The molecule has 1 heterocycles. The van der Waals surface area contributed by atoms with Crippen LogP contribution in [0.1, 0.15) is 31.4 Å². The van der Waals surface area contributed by atoms with Gasteiger partial charge in [0.2, 0.25) is 0 Å². The van der Waals surface area contributed by atoms with Crippen LogP contribution in [0.3, 0.4) is 0 Å². The molecular weight excluding hydrogens is 430 g/mol. The van der Waals surface area contributed by atoms with Crippen molar-refractivity contribution in [3.8, 4) is 11.5 Å². The molecule has 1 N–H and O–H groups in total. The first-order valence-corrected chi connectivity index (χ1v) is 10.2. The second kappa shape index (κ2) is 8.07. The third-order valence-electron chi connectivity index (χ3n) is 5.72. The van der Waals surface area contributed by atoms with Crippen LogP contribution in [-0.2, 0) is 9.59 Å². The lowest BCUT2D eigenvalue weighted by Gasteiger charge is -2.70. The highest BCUT2D eigenvalue weighted by atomic mass is 35.5. The molecule has 0 atom stereocenters. The molecule has 9 heteroatoms. The Hall–Kier alpha value is -2.74. The summed E-state index contributed by atoms with van der Waals surface area (Å²) in [6, 6.07) is 7.04. The third-order valence-corrected chi connectivity index (χ3v) is 6.03. The van der Waals surface area contributed by atoms with Gasteiger partial charge in [-0.3, -0.25) is 9.59 Å². The van der Waals surface area contributed by atoms with Crippen LogP contribution in [-0.4, -0.2) is 35.4 Å². The van der Waals surface area contributed by atoms with E-state index >= 15 is 0 Å². The second-order valence-electron chi connectivity index (χ2n) is 8.47. The Kier molecular flexibility index (Phi) is 5.60. The van der Waals surface area contributed by atoms with E-state index in [1.807, 2.05) is 0 Å². The number of ether oxygens (including phenoxy) is 2. The molecule has 2 aromatic rings. The average molecular weight is 451 g/mol. The predicted molar refractivity (Wildman–Crippen MR) is 108 cm³/mol. The molecule has 0 unspecified atom stereocenters. The van der Waals surface area contributed by atoms with Crippen LogP contribution >= 0.6 is 11.6 Å². The van der Waals surface area contributed by atoms with Crippen LogP contribution in [0.4, 0.5) is 8.78 Å². The molecule has 3 aliphatic carbocycles. The van der Waals surface area contributed by atoms with Crippen molar-refractivity contribution in [2.45, 2.75) is 38.1 Å². The van der Waals surface area contributed by atoms with Gasteiger partial charge >= 0.3 is 0 Å². The van der Waals surface area contributed by atoms with Gasteiger partial charge in [0.05, 0.1) is 5.02 Å². The van der Waals surface area contributed by atoms with E-state index in [0.717, 1.165) is 6.07 Å². The zero-order valence-corrected chi connectivity index (χ0v) is 17.6. The van der Waals surface area contributed by atoms with Gasteiger partial charge in [0, 0.05) is 23.7 Å². The maximum absolute atomic E-state index is 13.7. The predicted octanol–water partition coefficient (Wildman–Crippen LogP) is 3.78. The van der Waals surface area contributed by atoms with Crippen molar-refractivity contribution in [1.29, 1.82) is 0 Å². The Balaban J connectivity index is 1.18. The summed E-state index contributed by atoms with van der Waals surface area (Å²) in [7, 11) is 0. The number of pyridine rings is 1. The van der Waals surface area contributed by atoms with E-state index in [9.17, 15) is 18.4 Å². The molecule has 1 aromatic carbocycles. The highest BCUT2D eigenvalue weighted by Crippen LogP contribution is 2.68. The monoisotopic (exact) mass is 450 g/mol. The minimum absolute atomic E-state index is 0.0171. The van der Waals surface area contributed by atoms with Crippen molar-refractivity contribution in [2.75, 3.05) is 13.2 Å². The number of rotatable bonds is 9. The molecule has 1 aromatic heterocycles. The summed E-state index contributed by atoms with van der Waals surface area (Å²) < 4.78 is 37.6. The molecule has 3 fully saturated rings. The summed E-state index contributed by atoms with van der Waals surface area (Å²) in [5.41, 5.74) is 0.0979. The van der Waals surface area contributed by atoms with Gasteiger partial charge in [-0.2, -0.15) is 4.39 Å². The maximum atomic E-state index is 13.7. The standard InChI is InChI=1S/C22H21ClF2N2O4/c1-13-2-5-18(20(25)26-13)31-8-14(28)7-21-10-22(11-21,12-21)27-19(29)9-30-15-3-4-16(23)17(24)6-15/h2-6H,7-12H2,1H3,(H,27,29). The van der Waals surface area contributed by atoms with Gasteiger partial charge in [-0.15, -0.1) is 0 Å². The van der Waals surface area contributed by atoms with Gasteiger partial charge < -0.3 is 14.8 Å². The van der Waals surface area contributed by atoms with E-state index in [1.54, 1.807) is 13.0 Å². The van der Waals surface area contributed by atoms with Crippen molar-refractivity contribution >= 4 is 23.3 Å². The average Bonchev–Trinajstić information content (AvgIpc) is 2.65. The van der Waals surface area contributed by atoms with E-state index in [-0.39, 0.29) is 52.4 Å². The number of hydrogen-bond donors (Lipinski definition) is 1. The third kappa shape index (κ3) is 4.63. The SMILES string of the molecule is Cc1ccc(OCC(=O)CC23CC(NC(=O)COc4ccc(Cl)c(F)c4)(C2)C3)c(F)n1. The first kappa shape index (κ1) is 21.5. The normalized spacial score (nSPS) is 23.4. The van der Waals surface area contributed by atoms with E-state index in [4.69, 9.17) is 21.1 Å². The van der Waals surface area contributed by atoms with Crippen LogP contribution < -0.4 is 14.8 Å². The molecule has 3 saturated carbocycles. The fraction of sp³-hybridized carbons (Fsp3) is 0.409. The van der Waals surface area contributed by atoms with Crippen molar-refractivity contribution in [3.05, 3.63) is 52.8 Å². The molecule has 0 radical (unpaired) electrons. The van der Waals surface area contributed by atoms with Gasteiger partial charge in [-0.25, -0.2) is 9.37 Å². The molecule has 31 heavy (non-hydrogen) atoms. The Morgan fingerprint density at radius 2 is 1.87 bits per heavy atom. The molecule has 0 saturated heterocycles. The number of aromatic nitrogens is 1. The van der Waals surface area contributed by atoms with Crippen molar-refractivity contribution in [3.63, 3.8) is 0 Å². The van der Waals surface area contributed by atoms with Gasteiger partial charge in [-0.05, 0) is 55.9 Å². The summed E-state index contributed by atoms with van der Waals surface area (Å²) in [6.45, 7) is 1.21. The lowest BCUT2D eigenvalue weighted by atomic mass is 9.38. The van der Waals surface area contributed by atoms with Crippen LogP contribution in [0, 0.1) is 24.1 Å². The molecule has 0 spiro atoms. The number of hydrogen-bond acceptors (Lipinski definition) is 5. The summed E-state index contributed by atoms with van der Waals surface area (Å²) in [6.07, 6.45) is 2.43. The van der Waals surface area contributed by atoms with E-state index < -0.39 is 11.8 Å². The zero-order chi connectivity index (χ0) is 22.2. The summed E-state index contributed by atoms with van der Waals surface area (Å²) in [5, 5.41) is 2.92. The van der Waals surface area contributed by atoms with Gasteiger partial charge in [0.15, 0.2) is 18.1 Å². The first-order valence-electron chi connectivity index (χ1n) is 9.84. The molecule has 1 amide bonds. The molecule has 0 aliphatic heterocycles. The molecule has 3 aliphatic rings. The fourth-order valence-corrected chi connectivity index (χ4v) is 4.73. The smallest absolute Gasteiger partial charge is 0.258 e. The quantitative estimate of drug-likeness (QED) is 0.588. The van der Waals surface area contributed by atoms with Gasteiger partial charge in [0.1, 0.15) is 18.2 Å². The first-order chi connectivity index (χ1) is 14.7. The molecule has 164 valence electrons. The fourth-order valence-electron chi connectivity index (χ4n) is 4.61. The maximum Gasteiger partial charge on any atom is 0.258 e. The van der Waals surface area contributed by atoms with Crippen LogP contribution in [0.5, 0.6) is 11.5 Å². The number of carbonyl (C=O) groups excluding carboxylic acids is 2. The number of nitrogens with zero attached hydrogens (tertiary/aromatic N) is 1. The highest BCUT2D eigenvalue weighted by Gasteiger charge is 2.68. The lowest BCUT2D eigenvalue weighted by Crippen LogP contribution is -2.75. The Morgan fingerprint density at radius 3 is 2.55 bits per heavy atom. The number of nitrogens with one attached hydrogen (secondary N) is 1. The second-order valence-corrected chi connectivity index (χ2v) is 8.88. The lowest BCUT2D eigenvalue weighted by molar-refractivity contribution is -0.173. The Morgan fingerprint density at radius 1 is 1.13 bits per heavy atom. The Bertz CT molecular complexity index is 1030. The van der Waals surface area contributed by atoms with Crippen LogP contribution in [0.15, 0.2) is 30.3 Å². The number of halogens is 3. The minimum atomic E-state index is -0.733. The Labute approximate surface area is 182 Å². The highest BCUT2D eigenvalue weighted by molar-refractivity contribution is 6.30. The number of ketones is 1. The summed E-state index contributed by atoms with van der Waals surface area (Å²) in [4.78, 5) is 28.1. The number of aryl methyl sites for hydroxylation is 1. The van der Waals surface area contributed by atoms with Gasteiger partial charge in [0.25, 0.3) is 11.9 Å². The molecule has 6 nitrogen and oxygen atoms in total. The van der Waals surface area contributed by atoms with Crippen LogP contribution in [0.25, 0.3) is 0 Å². The molecule has 2 bridgehead atoms. The number of amides is 1. The molecule has 5 rings (SSSR count). The topological polar surface area (TPSA) is 77.5 Å². The van der Waals surface area contributed by atoms with E-state index in [1.165, 1.54) is 18.2 Å². The summed E-state index contributed by atoms with van der Waals surface area (Å²) in [5.74, 6) is -1.59. The van der Waals surface area contributed by atoms with Gasteiger partial charge in [-0.1, -0.05) is 11.6 Å². The van der Waals surface area contributed by atoms with Crippen molar-refractivity contribution in [2.24, 2.45) is 5.41 Å². The number of Topliss-reactive ketones (excluding diaryl/α,β-unsaturated/α-hetero) is 1. The van der Waals surface area contributed by atoms with Crippen LogP contribution in [0.2, 0.25) is 5.02 Å². The molecular formula is C22H21ClF2N2O4.